The molecule has 4 nitrogen and oxygen atoms in total. The van der Waals surface area contributed by atoms with Gasteiger partial charge in [-0.2, -0.15) is 0 Å². The average Bonchev–Trinajstić information content (AvgIpc) is 2.19. The van der Waals surface area contributed by atoms with E-state index >= 15 is 0 Å². The van der Waals surface area contributed by atoms with Crippen molar-refractivity contribution in [2.24, 2.45) is 0 Å². The average molecular weight is 187 g/mol. The first-order chi connectivity index (χ1) is 6.75. The maximum Gasteiger partial charge on any atom is 0.247 e. The fraction of sp³-hybridized carbons (Fsp3) is 0.100. The van der Waals surface area contributed by atoms with Gasteiger partial charge >= 0.3 is 0 Å². The molecule has 14 heavy (non-hydrogen) atoms. The van der Waals surface area contributed by atoms with E-state index in [1.54, 1.807) is 18.5 Å². The molecule has 0 atom stereocenters. The molecule has 0 spiro atoms. The van der Waals surface area contributed by atoms with Crippen LogP contribution < -0.4 is 5.56 Å². The molecule has 0 aliphatic heterocycles. The van der Waals surface area contributed by atoms with Gasteiger partial charge in [-0.25, -0.2) is 9.97 Å². The fourth-order valence-corrected chi connectivity index (χ4v) is 1.14. The summed E-state index contributed by atoms with van der Waals surface area (Å²) in [4.78, 5) is 21.8. The Morgan fingerprint density at radius 1 is 1.29 bits per heavy atom. The van der Waals surface area contributed by atoms with E-state index in [2.05, 4.69) is 15.0 Å². The van der Waals surface area contributed by atoms with Crippen LogP contribution in [0.25, 0.3) is 11.4 Å². The van der Waals surface area contributed by atoms with Gasteiger partial charge in [-0.15, -0.1) is 0 Å². The number of aromatic nitrogens is 3. The van der Waals surface area contributed by atoms with Crippen molar-refractivity contribution in [2.75, 3.05) is 0 Å². The van der Waals surface area contributed by atoms with Gasteiger partial charge in [-0.3, -0.25) is 4.79 Å². The molecule has 2 aromatic rings. The molecule has 0 saturated carbocycles. The molecule has 0 unspecified atom stereocenters. The van der Waals surface area contributed by atoms with Gasteiger partial charge in [0.1, 0.15) is 0 Å². The zero-order chi connectivity index (χ0) is 9.97. The quantitative estimate of drug-likeness (QED) is 0.728. The number of hydrogen-bond donors (Lipinski definition) is 1. The summed E-state index contributed by atoms with van der Waals surface area (Å²) in [6.07, 6.45) is 3.31. The van der Waals surface area contributed by atoms with Crippen LogP contribution in [0.4, 0.5) is 0 Å². The molecule has 2 heterocycles. The summed E-state index contributed by atoms with van der Waals surface area (Å²) < 4.78 is 0. The Balaban J connectivity index is 2.49. The largest absolute Gasteiger partial charge is 0.328 e. The van der Waals surface area contributed by atoms with Crippen LogP contribution >= 0.6 is 0 Å². The van der Waals surface area contributed by atoms with Gasteiger partial charge in [-0.1, -0.05) is 0 Å². The summed E-state index contributed by atoms with van der Waals surface area (Å²) >= 11 is 0. The van der Waals surface area contributed by atoms with E-state index < -0.39 is 0 Å². The summed E-state index contributed by atoms with van der Waals surface area (Å²) in [5, 5.41) is 0. The second kappa shape index (κ2) is 3.41. The number of aromatic amines is 1. The maximum atomic E-state index is 10.8. The molecule has 0 aliphatic rings. The number of nitrogens with one attached hydrogen (secondary N) is 1. The molecule has 4 heteroatoms. The van der Waals surface area contributed by atoms with Crippen LogP contribution in [0.15, 0.2) is 35.4 Å². The Morgan fingerprint density at radius 2 is 2.14 bits per heavy atom. The van der Waals surface area contributed by atoms with Gasteiger partial charge in [0.2, 0.25) is 5.56 Å². The van der Waals surface area contributed by atoms with Gasteiger partial charge < -0.3 is 4.98 Å². The smallest absolute Gasteiger partial charge is 0.247 e. The highest BCUT2D eigenvalue weighted by molar-refractivity contribution is 5.52. The van der Waals surface area contributed by atoms with Crippen LogP contribution in [0.5, 0.6) is 0 Å². The summed E-state index contributed by atoms with van der Waals surface area (Å²) in [5.74, 6) is 0.626. The van der Waals surface area contributed by atoms with Crippen molar-refractivity contribution < 1.29 is 0 Å². The summed E-state index contributed by atoms with van der Waals surface area (Å²) in [5.41, 5.74) is 1.59. The fourth-order valence-electron chi connectivity index (χ4n) is 1.14. The molecule has 0 bridgehead atoms. The van der Waals surface area contributed by atoms with Crippen molar-refractivity contribution in [1.29, 1.82) is 0 Å². The number of pyridine rings is 1. The molecule has 0 saturated heterocycles. The highest BCUT2D eigenvalue weighted by Gasteiger charge is 1.99. The highest BCUT2D eigenvalue weighted by Crippen LogP contribution is 2.10. The van der Waals surface area contributed by atoms with Crippen molar-refractivity contribution in [1.82, 2.24) is 15.0 Å². The molecule has 0 amide bonds. The van der Waals surface area contributed by atoms with E-state index in [1.807, 2.05) is 13.0 Å². The highest BCUT2D eigenvalue weighted by atomic mass is 16.1. The summed E-state index contributed by atoms with van der Waals surface area (Å²) in [6.45, 7) is 1.90. The Bertz CT molecular complexity index is 484. The lowest BCUT2D eigenvalue weighted by Gasteiger charge is -1.98. The second-order valence-corrected chi connectivity index (χ2v) is 2.96. The normalized spacial score (nSPS) is 10.1. The SMILES string of the molecule is Cc1ccnc(-c2ccc(=O)[nH]c2)n1. The lowest BCUT2D eigenvalue weighted by molar-refractivity contribution is 1.10. The van der Waals surface area contributed by atoms with Crippen LogP contribution in [0.3, 0.4) is 0 Å². The molecular weight excluding hydrogens is 178 g/mol. The van der Waals surface area contributed by atoms with E-state index in [1.165, 1.54) is 6.07 Å². The first-order valence-electron chi connectivity index (χ1n) is 4.24. The third-order valence-corrected chi connectivity index (χ3v) is 1.84. The molecule has 2 aromatic heterocycles. The van der Waals surface area contributed by atoms with Crippen LogP contribution in [0, 0.1) is 6.92 Å². The molecule has 0 aliphatic carbocycles. The predicted octanol–water partition coefficient (Wildman–Crippen LogP) is 1.14. The lowest BCUT2D eigenvalue weighted by atomic mass is 10.2. The van der Waals surface area contributed by atoms with Crippen molar-refractivity contribution >= 4 is 0 Å². The minimum absolute atomic E-state index is 0.124. The number of H-pyrrole nitrogens is 1. The molecule has 0 aromatic carbocycles. The summed E-state index contributed by atoms with van der Waals surface area (Å²) in [7, 11) is 0. The predicted molar refractivity (Wildman–Crippen MR) is 52.8 cm³/mol. The zero-order valence-corrected chi connectivity index (χ0v) is 7.69. The van der Waals surface area contributed by atoms with Crippen LogP contribution in [-0.4, -0.2) is 15.0 Å². The van der Waals surface area contributed by atoms with Crippen LogP contribution in [0.1, 0.15) is 5.69 Å². The third-order valence-electron chi connectivity index (χ3n) is 1.84. The van der Waals surface area contributed by atoms with E-state index in [0.717, 1.165) is 11.3 Å². The second-order valence-electron chi connectivity index (χ2n) is 2.96. The number of nitrogens with zero attached hydrogens (tertiary/aromatic N) is 2. The van der Waals surface area contributed by atoms with Crippen molar-refractivity contribution in [2.45, 2.75) is 6.92 Å². The standard InChI is InChI=1S/C10H9N3O/c1-7-4-5-11-10(13-7)8-2-3-9(14)12-6-8/h2-6H,1H3,(H,12,14). The minimum atomic E-state index is -0.124. The Labute approximate surface area is 80.7 Å². The first kappa shape index (κ1) is 8.62. The van der Waals surface area contributed by atoms with Gasteiger partial charge in [-0.05, 0) is 19.1 Å². The lowest BCUT2D eigenvalue weighted by Crippen LogP contribution is -2.02. The van der Waals surface area contributed by atoms with E-state index in [-0.39, 0.29) is 5.56 Å². The first-order valence-corrected chi connectivity index (χ1v) is 4.24. The van der Waals surface area contributed by atoms with Gasteiger partial charge in [0, 0.05) is 29.7 Å². The topological polar surface area (TPSA) is 58.6 Å². The molecule has 2 rings (SSSR count). The monoisotopic (exact) mass is 187 g/mol. The Kier molecular flexibility index (Phi) is 2.10. The Hall–Kier alpha value is -1.97. The maximum absolute atomic E-state index is 10.8. The summed E-state index contributed by atoms with van der Waals surface area (Å²) in [6, 6.07) is 4.99. The van der Waals surface area contributed by atoms with Crippen LogP contribution in [-0.2, 0) is 0 Å². The minimum Gasteiger partial charge on any atom is -0.328 e. The number of rotatable bonds is 1. The van der Waals surface area contributed by atoms with Crippen molar-refractivity contribution in [3.8, 4) is 11.4 Å². The van der Waals surface area contributed by atoms with E-state index in [0.29, 0.717) is 5.82 Å². The van der Waals surface area contributed by atoms with E-state index in [9.17, 15) is 4.79 Å². The number of aryl methyl sites for hydroxylation is 1. The molecule has 0 radical (unpaired) electrons. The zero-order valence-electron chi connectivity index (χ0n) is 7.69. The van der Waals surface area contributed by atoms with Crippen LogP contribution in [0.2, 0.25) is 0 Å². The molecule has 1 N–H and O–H groups in total. The Morgan fingerprint density at radius 3 is 2.79 bits per heavy atom. The van der Waals surface area contributed by atoms with Crippen molar-refractivity contribution in [3.05, 3.63) is 46.6 Å². The molecule has 70 valence electrons. The molecule has 0 fully saturated rings. The van der Waals surface area contributed by atoms with Gasteiger partial charge in [0.05, 0.1) is 0 Å². The van der Waals surface area contributed by atoms with Gasteiger partial charge in [0.25, 0.3) is 0 Å². The van der Waals surface area contributed by atoms with Crippen molar-refractivity contribution in [3.63, 3.8) is 0 Å². The van der Waals surface area contributed by atoms with E-state index in [4.69, 9.17) is 0 Å². The van der Waals surface area contributed by atoms with Gasteiger partial charge in [0.15, 0.2) is 5.82 Å². The number of hydrogen-bond acceptors (Lipinski definition) is 3. The third kappa shape index (κ3) is 1.69. The molecular formula is C10H9N3O.